The maximum Gasteiger partial charge on any atom is 0.264 e. The fraction of sp³-hybridized carbons (Fsp3) is 0.250. The predicted molar refractivity (Wildman–Crippen MR) is 84.3 cm³/mol. The largest absolute Gasteiger partial charge is 0.494 e. The highest BCUT2D eigenvalue weighted by molar-refractivity contribution is 7.92. The smallest absolute Gasteiger partial charge is 0.264 e. The highest BCUT2D eigenvalue weighted by Gasteiger charge is 2.21. The summed E-state index contributed by atoms with van der Waals surface area (Å²) in [5.74, 6) is 0.671. The second-order valence-corrected chi connectivity index (χ2v) is 6.60. The number of hydrogen-bond donors (Lipinski definition) is 0. The van der Waals surface area contributed by atoms with Crippen molar-refractivity contribution in [3.8, 4) is 5.75 Å². The Balaban J connectivity index is 2.29. The van der Waals surface area contributed by atoms with Crippen LogP contribution in [-0.2, 0) is 10.0 Å². The van der Waals surface area contributed by atoms with E-state index in [4.69, 9.17) is 4.74 Å². The van der Waals surface area contributed by atoms with Gasteiger partial charge in [-0.1, -0.05) is 31.2 Å². The summed E-state index contributed by atoms with van der Waals surface area (Å²) in [5.41, 5.74) is 0.576. The van der Waals surface area contributed by atoms with Crippen LogP contribution in [0, 0.1) is 0 Å². The fourth-order valence-corrected chi connectivity index (χ4v) is 3.09. The van der Waals surface area contributed by atoms with E-state index < -0.39 is 10.0 Å². The fourth-order valence-electron chi connectivity index (χ4n) is 1.88. The van der Waals surface area contributed by atoms with Gasteiger partial charge in [-0.15, -0.1) is 0 Å². The summed E-state index contributed by atoms with van der Waals surface area (Å²) in [6.45, 7) is 2.63. The third kappa shape index (κ3) is 3.55. The lowest BCUT2D eigenvalue weighted by Gasteiger charge is -2.20. The summed E-state index contributed by atoms with van der Waals surface area (Å²) >= 11 is 0. The van der Waals surface area contributed by atoms with Crippen LogP contribution in [0.15, 0.2) is 59.5 Å². The molecular formula is C16H19NO3S. The first kappa shape index (κ1) is 15.4. The third-order valence-electron chi connectivity index (χ3n) is 3.06. The summed E-state index contributed by atoms with van der Waals surface area (Å²) in [6, 6.07) is 15.5. The van der Waals surface area contributed by atoms with Gasteiger partial charge in [-0.3, -0.25) is 4.31 Å². The van der Waals surface area contributed by atoms with Crippen LogP contribution in [0.1, 0.15) is 13.3 Å². The Kier molecular flexibility index (Phi) is 4.85. The second-order valence-electron chi connectivity index (χ2n) is 4.63. The Bertz CT molecular complexity index is 684. The molecule has 0 heterocycles. The highest BCUT2D eigenvalue weighted by atomic mass is 32.2. The summed E-state index contributed by atoms with van der Waals surface area (Å²) in [4.78, 5) is 0.271. The lowest BCUT2D eigenvalue weighted by molar-refractivity contribution is 0.317. The summed E-state index contributed by atoms with van der Waals surface area (Å²) in [5, 5.41) is 0. The normalized spacial score (nSPS) is 11.1. The summed E-state index contributed by atoms with van der Waals surface area (Å²) in [6.07, 6.45) is 0.905. The van der Waals surface area contributed by atoms with Gasteiger partial charge < -0.3 is 4.74 Å². The molecule has 0 aromatic heterocycles. The van der Waals surface area contributed by atoms with Gasteiger partial charge in [0, 0.05) is 13.1 Å². The lowest BCUT2D eigenvalue weighted by atomic mass is 10.3. The van der Waals surface area contributed by atoms with E-state index in [2.05, 4.69) is 0 Å². The highest BCUT2D eigenvalue weighted by Crippen LogP contribution is 2.25. The number of benzene rings is 2. The molecule has 0 unspecified atom stereocenters. The zero-order valence-corrected chi connectivity index (χ0v) is 13.0. The first-order valence-electron chi connectivity index (χ1n) is 6.82. The zero-order chi connectivity index (χ0) is 15.3. The number of ether oxygens (including phenoxy) is 1. The van der Waals surface area contributed by atoms with Crippen molar-refractivity contribution in [2.75, 3.05) is 18.0 Å². The Morgan fingerprint density at radius 2 is 1.76 bits per heavy atom. The first-order valence-corrected chi connectivity index (χ1v) is 8.26. The molecule has 0 atom stereocenters. The minimum atomic E-state index is -3.55. The van der Waals surface area contributed by atoms with Crippen molar-refractivity contribution in [2.45, 2.75) is 18.2 Å². The molecule has 0 fully saturated rings. The van der Waals surface area contributed by atoms with E-state index in [1.165, 1.54) is 4.31 Å². The van der Waals surface area contributed by atoms with Gasteiger partial charge in [0.05, 0.1) is 17.2 Å². The van der Waals surface area contributed by atoms with E-state index in [9.17, 15) is 8.42 Å². The maximum absolute atomic E-state index is 12.5. The molecule has 2 aromatic rings. The first-order chi connectivity index (χ1) is 10.1. The minimum absolute atomic E-state index is 0.271. The quantitative estimate of drug-likeness (QED) is 0.822. The molecule has 0 aliphatic heterocycles. The Labute approximate surface area is 126 Å². The van der Waals surface area contributed by atoms with Crippen molar-refractivity contribution in [3.63, 3.8) is 0 Å². The van der Waals surface area contributed by atoms with E-state index in [1.54, 1.807) is 55.6 Å². The van der Waals surface area contributed by atoms with Crippen LogP contribution < -0.4 is 9.04 Å². The van der Waals surface area contributed by atoms with Gasteiger partial charge in [0.25, 0.3) is 10.0 Å². The standard InChI is InChI=1S/C16H19NO3S/c1-3-12-20-15-9-7-8-14(13-15)17(2)21(18,19)16-10-5-4-6-11-16/h4-11,13H,3,12H2,1-2H3. The molecule has 0 radical (unpaired) electrons. The molecule has 4 nitrogen and oxygen atoms in total. The van der Waals surface area contributed by atoms with Gasteiger partial charge in [0.2, 0.25) is 0 Å². The van der Waals surface area contributed by atoms with Crippen LogP contribution in [0.5, 0.6) is 5.75 Å². The van der Waals surface area contributed by atoms with Crippen LogP contribution >= 0.6 is 0 Å². The van der Waals surface area contributed by atoms with Crippen molar-refractivity contribution >= 4 is 15.7 Å². The molecule has 2 rings (SSSR count). The van der Waals surface area contributed by atoms with E-state index in [0.29, 0.717) is 18.0 Å². The van der Waals surface area contributed by atoms with Gasteiger partial charge in [-0.25, -0.2) is 8.42 Å². The van der Waals surface area contributed by atoms with E-state index in [0.717, 1.165) is 6.42 Å². The van der Waals surface area contributed by atoms with Crippen molar-refractivity contribution in [1.29, 1.82) is 0 Å². The molecule has 0 N–H and O–H groups in total. The van der Waals surface area contributed by atoms with E-state index in [1.807, 2.05) is 13.0 Å². The third-order valence-corrected chi connectivity index (χ3v) is 4.86. The molecule has 5 heteroatoms. The second kappa shape index (κ2) is 6.63. The molecule has 2 aromatic carbocycles. The summed E-state index contributed by atoms with van der Waals surface area (Å²) in [7, 11) is -2.01. The average Bonchev–Trinajstić information content (AvgIpc) is 2.53. The van der Waals surface area contributed by atoms with Crippen LogP contribution in [0.25, 0.3) is 0 Å². The van der Waals surface area contributed by atoms with Crippen molar-refractivity contribution in [3.05, 3.63) is 54.6 Å². The van der Waals surface area contributed by atoms with Crippen molar-refractivity contribution in [2.24, 2.45) is 0 Å². The van der Waals surface area contributed by atoms with Crippen LogP contribution in [0.2, 0.25) is 0 Å². The Morgan fingerprint density at radius 1 is 1.05 bits per heavy atom. The zero-order valence-electron chi connectivity index (χ0n) is 12.2. The van der Waals surface area contributed by atoms with Crippen LogP contribution in [0.3, 0.4) is 0 Å². The molecule has 0 amide bonds. The number of anilines is 1. The Hall–Kier alpha value is -2.01. The van der Waals surface area contributed by atoms with Gasteiger partial charge in [0.1, 0.15) is 5.75 Å². The average molecular weight is 305 g/mol. The number of sulfonamides is 1. The monoisotopic (exact) mass is 305 g/mol. The van der Waals surface area contributed by atoms with Crippen molar-refractivity contribution < 1.29 is 13.2 Å². The Morgan fingerprint density at radius 3 is 2.43 bits per heavy atom. The SMILES string of the molecule is CCCOc1cccc(N(C)S(=O)(=O)c2ccccc2)c1. The molecule has 0 aliphatic rings. The molecule has 0 aliphatic carbocycles. The maximum atomic E-state index is 12.5. The molecule has 21 heavy (non-hydrogen) atoms. The van der Waals surface area contributed by atoms with Gasteiger partial charge in [-0.2, -0.15) is 0 Å². The number of hydrogen-bond acceptors (Lipinski definition) is 3. The van der Waals surface area contributed by atoms with Crippen LogP contribution in [-0.4, -0.2) is 22.1 Å². The molecule has 0 bridgehead atoms. The predicted octanol–water partition coefficient (Wildman–Crippen LogP) is 3.30. The van der Waals surface area contributed by atoms with Gasteiger partial charge in [-0.05, 0) is 30.7 Å². The van der Waals surface area contributed by atoms with Crippen LogP contribution in [0.4, 0.5) is 5.69 Å². The van der Waals surface area contributed by atoms with Gasteiger partial charge >= 0.3 is 0 Å². The number of rotatable bonds is 6. The topological polar surface area (TPSA) is 46.6 Å². The lowest BCUT2D eigenvalue weighted by Crippen LogP contribution is -2.26. The summed E-state index contributed by atoms with van der Waals surface area (Å²) < 4.78 is 31.9. The van der Waals surface area contributed by atoms with E-state index in [-0.39, 0.29) is 4.90 Å². The molecule has 0 saturated carbocycles. The molecule has 0 saturated heterocycles. The van der Waals surface area contributed by atoms with Crippen molar-refractivity contribution in [1.82, 2.24) is 0 Å². The molecule has 112 valence electrons. The number of nitrogens with zero attached hydrogens (tertiary/aromatic N) is 1. The molecular weight excluding hydrogens is 286 g/mol. The minimum Gasteiger partial charge on any atom is -0.494 e. The van der Waals surface area contributed by atoms with E-state index >= 15 is 0 Å². The van der Waals surface area contributed by atoms with Gasteiger partial charge in [0.15, 0.2) is 0 Å². The molecule has 0 spiro atoms.